The van der Waals surface area contributed by atoms with Gasteiger partial charge in [-0.3, -0.25) is 4.79 Å². The normalized spacial score (nSPS) is 51.4. The Morgan fingerprint density at radius 3 is 2.19 bits per heavy atom. The second kappa shape index (κ2) is 15.7. The van der Waals surface area contributed by atoms with Crippen LogP contribution in [0, 0.1) is 92.7 Å². The van der Waals surface area contributed by atoms with Gasteiger partial charge in [-0.25, -0.2) is 0 Å². The number of aliphatic hydroxyl groups is 4. The van der Waals surface area contributed by atoms with E-state index in [0.717, 1.165) is 81.5 Å². The molecule has 0 aliphatic heterocycles. The predicted octanol–water partition coefficient (Wildman–Crippen LogP) is 10.3. The van der Waals surface area contributed by atoms with Crippen LogP contribution in [0.2, 0.25) is 0 Å². The number of hydrogen-bond acceptors (Lipinski definition) is 6. The highest BCUT2D eigenvalue weighted by Crippen LogP contribution is 2.70. The van der Waals surface area contributed by atoms with E-state index in [-0.39, 0.29) is 64.2 Å². The molecule has 57 heavy (non-hydrogen) atoms. The van der Waals surface area contributed by atoms with Crippen molar-refractivity contribution in [2.75, 3.05) is 0 Å². The van der Waals surface area contributed by atoms with Gasteiger partial charge in [0.1, 0.15) is 6.10 Å². The van der Waals surface area contributed by atoms with Crippen molar-refractivity contribution < 1.29 is 30.0 Å². The summed E-state index contributed by atoms with van der Waals surface area (Å²) in [7, 11) is 0. The maximum Gasteiger partial charge on any atom is 0.306 e. The largest absolute Gasteiger partial charge is 0.461 e. The fourth-order valence-corrected chi connectivity index (χ4v) is 17.8. The zero-order valence-electron chi connectivity index (χ0n) is 37.4. The van der Waals surface area contributed by atoms with Gasteiger partial charge in [0.25, 0.3) is 0 Å². The second-order valence-electron chi connectivity index (χ2n) is 23.8. The van der Waals surface area contributed by atoms with E-state index in [1.807, 2.05) is 0 Å². The maximum absolute atomic E-state index is 14.0. The summed E-state index contributed by atoms with van der Waals surface area (Å²) >= 11 is 0. The lowest BCUT2D eigenvalue weighted by atomic mass is 9.43. The standard InChI is InChI=1S/C51H84O6/c1-29(2)10-9-11-30(3)37-15-17-39-36-14-13-32-24-35(53)27-45(50(32,7)40(36)21-23-49(37,39)6)57-46(56)19-12-31(4)38-16-18-41-47-42(28-44(55)51(38,41)8)48(5)22-20-34(52)25-33(48)26-43(47)54/h13,29-31,33-45,47,52-55H,9-12,14-28H2,1-8H3. The summed E-state index contributed by atoms with van der Waals surface area (Å²) in [5.74, 6) is 5.73. The summed E-state index contributed by atoms with van der Waals surface area (Å²) in [5, 5.41) is 45.5. The van der Waals surface area contributed by atoms with Gasteiger partial charge in [-0.2, -0.15) is 0 Å². The molecule has 6 nitrogen and oxygen atoms in total. The van der Waals surface area contributed by atoms with Crippen LogP contribution < -0.4 is 0 Å². The first-order chi connectivity index (χ1) is 26.9. The molecule has 0 aromatic rings. The number of hydrogen-bond donors (Lipinski definition) is 4. The quantitative estimate of drug-likeness (QED) is 0.130. The Kier molecular flexibility index (Phi) is 11.8. The lowest BCUT2D eigenvalue weighted by Crippen LogP contribution is -2.62. The first-order valence-corrected chi connectivity index (χ1v) is 24.5. The smallest absolute Gasteiger partial charge is 0.306 e. The number of ether oxygens (including phenoxy) is 1. The fourth-order valence-electron chi connectivity index (χ4n) is 17.8. The molecule has 0 radical (unpaired) electrons. The first kappa shape index (κ1) is 42.7. The Morgan fingerprint density at radius 1 is 0.737 bits per heavy atom. The molecule has 0 bridgehead atoms. The van der Waals surface area contributed by atoms with Gasteiger partial charge in [0, 0.05) is 18.3 Å². The average molecular weight is 793 g/mol. The number of aliphatic hydroxyl groups excluding tert-OH is 4. The third-order valence-electron chi connectivity index (χ3n) is 20.9. The van der Waals surface area contributed by atoms with Gasteiger partial charge in [0.15, 0.2) is 0 Å². The maximum atomic E-state index is 14.0. The molecule has 0 aromatic heterocycles. The van der Waals surface area contributed by atoms with Crippen LogP contribution in [0.15, 0.2) is 11.6 Å². The molecule has 8 rings (SSSR count). The van der Waals surface area contributed by atoms with Crippen LogP contribution in [0.5, 0.6) is 0 Å². The van der Waals surface area contributed by atoms with E-state index in [2.05, 4.69) is 61.5 Å². The molecule has 0 spiro atoms. The SMILES string of the molecule is CC(C)CCCC(C)C1CCC2C3CC=C4CC(O)CC(OC(=O)CCC(C)C5CCC6C7C(O)CC8CC(O)CCC8(C)C7CC(O)C56C)C4(C)C3CCC12C. The highest BCUT2D eigenvalue weighted by molar-refractivity contribution is 5.69. The Balaban J connectivity index is 0.919. The van der Waals surface area contributed by atoms with E-state index in [0.29, 0.717) is 48.3 Å². The van der Waals surface area contributed by atoms with Gasteiger partial charge in [-0.1, -0.05) is 86.3 Å². The number of esters is 1. The predicted molar refractivity (Wildman–Crippen MR) is 227 cm³/mol. The molecule has 0 saturated heterocycles. The molecule has 0 aromatic carbocycles. The molecule has 6 heteroatoms. The van der Waals surface area contributed by atoms with E-state index < -0.39 is 12.2 Å². The fraction of sp³-hybridized carbons (Fsp3) is 0.941. The van der Waals surface area contributed by atoms with Gasteiger partial charge < -0.3 is 25.2 Å². The minimum absolute atomic E-state index is 0.0674. The number of rotatable bonds is 10. The van der Waals surface area contributed by atoms with Crippen LogP contribution >= 0.6 is 0 Å². The summed E-state index contributed by atoms with van der Waals surface area (Å²) in [6.07, 6.45) is 19.5. The lowest BCUT2D eigenvalue weighted by molar-refractivity contribution is -0.207. The highest BCUT2D eigenvalue weighted by Gasteiger charge is 2.66. The molecule has 20 unspecified atom stereocenters. The summed E-state index contributed by atoms with van der Waals surface area (Å²) < 4.78 is 6.62. The molecular formula is C51H84O6. The third-order valence-corrected chi connectivity index (χ3v) is 20.9. The van der Waals surface area contributed by atoms with Gasteiger partial charge in [-0.05, 0) is 177 Å². The van der Waals surface area contributed by atoms with Crippen molar-refractivity contribution in [2.24, 2.45) is 92.7 Å². The van der Waals surface area contributed by atoms with Crippen molar-refractivity contribution in [1.82, 2.24) is 0 Å². The molecule has 8 aliphatic carbocycles. The zero-order valence-corrected chi connectivity index (χ0v) is 37.4. The second-order valence-corrected chi connectivity index (χ2v) is 23.8. The van der Waals surface area contributed by atoms with Crippen LogP contribution in [-0.4, -0.2) is 56.9 Å². The molecule has 0 amide bonds. The summed E-state index contributed by atoms with van der Waals surface area (Å²) in [4.78, 5) is 14.0. The van der Waals surface area contributed by atoms with Crippen molar-refractivity contribution >= 4 is 5.97 Å². The van der Waals surface area contributed by atoms with Gasteiger partial charge in [0.05, 0.1) is 24.4 Å². The lowest BCUT2D eigenvalue weighted by Gasteiger charge is -2.63. The Morgan fingerprint density at radius 2 is 1.44 bits per heavy atom. The van der Waals surface area contributed by atoms with Crippen LogP contribution in [0.25, 0.3) is 0 Å². The van der Waals surface area contributed by atoms with E-state index >= 15 is 0 Å². The van der Waals surface area contributed by atoms with Crippen LogP contribution in [0.1, 0.15) is 177 Å². The van der Waals surface area contributed by atoms with E-state index in [1.54, 1.807) is 0 Å². The summed E-state index contributed by atoms with van der Waals surface area (Å²) in [6, 6.07) is 0. The number of carbonyl (C=O) groups excluding carboxylic acids is 1. The minimum Gasteiger partial charge on any atom is -0.461 e. The molecule has 0 heterocycles. The van der Waals surface area contributed by atoms with E-state index in [9.17, 15) is 25.2 Å². The van der Waals surface area contributed by atoms with Crippen molar-refractivity contribution in [1.29, 1.82) is 0 Å². The first-order valence-electron chi connectivity index (χ1n) is 24.5. The number of carbonyl (C=O) groups is 1. The van der Waals surface area contributed by atoms with E-state index in [1.165, 1.54) is 50.5 Å². The summed E-state index contributed by atoms with van der Waals surface area (Å²) in [5.41, 5.74) is 1.32. The average Bonchev–Trinajstić information content (AvgIpc) is 3.70. The van der Waals surface area contributed by atoms with Crippen LogP contribution in [0.4, 0.5) is 0 Å². The number of fused-ring (bicyclic) bond motifs is 10. The van der Waals surface area contributed by atoms with Gasteiger partial charge in [-0.15, -0.1) is 0 Å². The topological polar surface area (TPSA) is 107 Å². The van der Waals surface area contributed by atoms with Crippen molar-refractivity contribution in [3.05, 3.63) is 11.6 Å². The van der Waals surface area contributed by atoms with Crippen LogP contribution in [0.3, 0.4) is 0 Å². The summed E-state index contributed by atoms with van der Waals surface area (Å²) in [6.45, 7) is 19.3. The molecule has 4 N–H and O–H groups in total. The van der Waals surface area contributed by atoms with Gasteiger partial charge in [0.2, 0.25) is 0 Å². The Labute approximate surface area is 347 Å². The number of allylic oxidation sites excluding steroid dienone is 1. The van der Waals surface area contributed by atoms with Crippen LogP contribution in [-0.2, 0) is 9.53 Å². The molecule has 20 atom stereocenters. The molecule has 7 saturated carbocycles. The van der Waals surface area contributed by atoms with E-state index in [4.69, 9.17) is 4.74 Å². The molecule has 7 fully saturated rings. The van der Waals surface area contributed by atoms with Gasteiger partial charge >= 0.3 is 5.97 Å². The molecular weight excluding hydrogens is 709 g/mol. The minimum atomic E-state index is -0.465. The van der Waals surface area contributed by atoms with Crippen molar-refractivity contribution in [3.63, 3.8) is 0 Å². The zero-order chi connectivity index (χ0) is 40.8. The third kappa shape index (κ3) is 6.97. The Bertz CT molecular complexity index is 1490. The molecule has 8 aliphatic rings. The van der Waals surface area contributed by atoms with Crippen molar-refractivity contribution in [3.8, 4) is 0 Å². The highest BCUT2D eigenvalue weighted by atomic mass is 16.5. The van der Waals surface area contributed by atoms with Crippen molar-refractivity contribution in [2.45, 2.75) is 208 Å². The monoisotopic (exact) mass is 793 g/mol. The Hall–Kier alpha value is -0.950. The molecule has 324 valence electrons.